The van der Waals surface area contributed by atoms with E-state index in [0.717, 1.165) is 16.7 Å². The van der Waals surface area contributed by atoms with Crippen LogP contribution in [0.3, 0.4) is 0 Å². The number of carbonyl (C=O) groups excluding carboxylic acids is 1. The number of amides is 1. The molecule has 30 heavy (non-hydrogen) atoms. The lowest BCUT2D eigenvalue weighted by atomic mass is 10.1. The molecule has 0 spiro atoms. The minimum Gasteiger partial charge on any atom is -0.350 e. The van der Waals surface area contributed by atoms with Crippen molar-refractivity contribution in [2.24, 2.45) is 0 Å². The molecule has 1 N–H and O–H groups in total. The smallest absolute Gasteiger partial charge is 0.293 e. The number of fused-ring (bicyclic) bond motifs is 1. The van der Waals surface area contributed by atoms with E-state index in [1.807, 2.05) is 24.3 Å². The molecule has 0 atom stereocenters. The zero-order valence-corrected chi connectivity index (χ0v) is 16.4. The molecule has 152 valence electrons. The molecule has 1 amide bonds. The second-order valence-corrected chi connectivity index (χ2v) is 6.91. The Bertz CT molecular complexity index is 1260. The van der Waals surface area contributed by atoms with Crippen LogP contribution in [-0.2, 0) is 24.3 Å². The molecule has 0 saturated heterocycles. The van der Waals surface area contributed by atoms with E-state index in [1.165, 1.54) is 28.5 Å². The van der Waals surface area contributed by atoms with Gasteiger partial charge >= 0.3 is 0 Å². The van der Waals surface area contributed by atoms with E-state index in [9.17, 15) is 14.0 Å². The predicted octanol–water partition coefficient (Wildman–Crippen LogP) is 2.58. The first-order chi connectivity index (χ1) is 14.5. The Kier molecular flexibility index (Phi) is 5.38. The molecule has 2 aromatic heterocycles. The SMILES string of the molecule is CCc1ccc(-c2cc3c(=O)n(CC(=O)NCc4cccc(F)c4)ncn3n2)cc1. The van der Waals surface area contributed by atoms with Crippen LogP contribution in [0, 0.1) is 5.82 Å². The highest BCUT2D eigenvalue weighted by Gasteiger charge is 2.12. The fraction of sp³-hybridized carbons (Fsp3) is 0.182. The van der Waals surface area contributed by atoms with Crippen molar-refractivity contribution in [1.29, 1.82) is 0 Å². The number of aromatic nitrogens is 4. The molecule has 0 aliphatic carbocycles. The largest absolute Gasteiger partial charge is 0.350 e. The first kappa shape index (κ1) is 19.5. The Labute approximate surface area is 171 Å². The Morgan fingerprint density at radius 1 is 1.10 bits per heavy atom. The van der Waals surface area contributed by atoms with Crippen LogP contribution in [0.2, 0.25) is 0 Å². The number of nitrogens with one attached hydrogen (secondary N) is 1. The molecule has 4 rings (SSSR count). The molecular weight excluding hydrogens is 385 g/mol. The number of rotatable bonds is 6. The van der Waals surface area contributed by atoms with Crippen LogP contribution in [0.4, 0.5) is 4.39 Å². The number of aryl methyl sites for hydroxylation is 1. The fourth-order valence-electron chi connectivity index (χ4n) is 3.14. The summed E-state index contributed by atoms with van der Waals surface area (Å²) >= 11 is 0. The van der Waals surface area contributed by atoms with Crippen molar-refractivity contribution in [3.8, 4) is 11.3 Å². The van der Waals surface area contributed by atoms with E-state index in [0.29, 0.717) is 16.8 Å². The van der Waals surface area contributed by atoms with E-state index in [4.69, 9.17) is 0 Å². The van der Waals surface area contributed by atoms with Gasteiger partial charge in [-0.25, -0.2) is 13.6 Å². The third kappa shape index (κ3) is 4.12. The van der Waals surface area contributed by atoms with Crippen molar-refractivity contribution in [2.45, 2.75) is 26.4 Å². The van der Waals surface area contributed by atoms with Crippen molar-refractivity contribution in [3.05, 3.63) is 88.2 Å². The van der Waals surface area contributed by atoms with Crippen molar-refractivity contribution >= 4 is 11.4 Å². The van der Waals surface area contributed by atoms with Crippen LogP contribution in [0.5, 0.6) is 0 Å². The molecule has 8 heteroatoms. The maximum atomic E-state index is 13.2. The van der Waals surface area contributed by atoms with Crippen LogP contribution in [-0.4, -0.2) is 25.3 Å². The van der Waals surface area contributed by atoms with E-state index in [1.54, 1.807) is 18.2 Å². The molecule has 0 saturated carbocycles. The first-order valence-corrected chi connectivity index (χ1v) is 9.59. The van der Waals surface area contributed by atoms with Gasteiger partial charge in [-0.1, -0.05) is 43.3 Å². The summed E-state index contributed by atoms with van der Waals surface area (Å²) in [6, 6.07) is 15.6. The lowest BCUT2D eigenvalue weighted by molar-refractivity contribution is -0.122. The molecule has 0 bridgehead atoms. The summed E-state index contributed by atoms with van der Waals surface area (Å²) in [5, 5.41) is 11.1. The normalized spacial score (nSPS) is 11.0. The van der Waals surface area contributed by atoms with Gasteiger partial charge in [0.25, 0.3) is 5.56 Å². The number of benzene rings is 2. The highest BCUT2D eigenvalue weighted by Crippen LogP contribution is 2.19. The third-order valence-electron chi connectivity index (χ3n) is 4.82. The van der Waals surface area contributed by atoms with E-state index >= 15 is 0 Å². The van der Waals surface area contributed by atoms with Crippen LogP contribution in [0.15, 0.2) is 65.7 Å². The third-order valence-corrected chi connectivity index (χ3v) is 4.82. The van der Waals surface area contributed by atoms with Crippen LogP contribution >= 0.6 is 0 Å². The first-order valence-electron chi connectivity index (χ1n) is 9.59. The summed E-state index contributed by atoms with van der Waals surface area (Å²) in [6.07, 6.45) is 2.35. The van der Waals surface area contributed by atoms with Gasteiger partial charge in [-0.05, 0) is 35.7 Å². The van der Waals surface area contributed by atoms with Gasteiger partial charge in [0.2, 0.25) is 5.91 Å². The summed E-state index contributed by atoms with van der Waals surface area (Å²) in [5.74, 6) is -0.765. The maximum absolute atomic E-state index is 13.2. The summed E-state index contributed by atoms with van der Waals surface area (Å²) < 4.78 is 15.7. The summed E-state index contributed by atoms with van der Waals surface area (Å²) in [6.45, 7) is 2.01. The van der Waals surface area contributed by atoms with E-state index in [2.05, 4.69) is 22.4 Å². The number of hydrogen-bond acceptors (Lipinski definition) is 4. The summed E-state index contributed by atoms with van der Waals surface area (Å²) in [7, 11) is 0. The lowest BCUT2D eigenvalue weighted by Crippen LogP contribution is -2.34. The molecule has 2 aromatic carbocycles. The molecule has 0 aliphatic rings. The molecule has 0 fully saturated rings. The monoisotopic (exact) mass is 405 g/mol. The Morgan fingerprint density at radius 2 is 1.90 bits per heavy atom. The van der Waals surface area contributed by atoms with Crippen molar-refractivity contribution in [2.75, 3.05) is 0 Å². The second-order valence-electron chi connectivity index (χ2n) is 6.91. The minimum absolute atomic E-state index is 0.165. The number of halogens is 1. The van der Waals surface area contributed by atoms with Crippen LogP contribution in [0.1, 0.15) is 18.1 Å². The van der Waals surface area contributed by atoms with Gasteiger partial charge in [-0.2, -0.15) is 10.2 Å². The van der Waals surface area contributed by atoms with Crippen molar-refractivity contribution in [3.63, 3.8) is 0 Å². The van der Waals surface area contributed by atoms with Gasteiger partial charge in [0.15, 0.2) is 0 Å². The van der Waals surface area contributed by atoms with Gasteiger partial charge in [0, 0.05) is 12.1 Å². The van der Waals surface area contributed by atoms with Crippen LogP contribution < -0.4 is 10.9 Å². The van der Waals surface area contributed by atoms with Crippen molar-refractivity contribution in [1.82, 2.24) is 24.7 Å². The van der Waals surface area contributed by atoms with Crippen molar-refractivity contribution < 1.29 is 9.18 Å². The maximum Gasteiger partial charge on any atom is 0.293 e. The Hall–Kier alpha value is -3.81. The number of nitrogens with zero attached hydrogens (tertiary/aromatic N) is 4. The number of hydrogen-bond donors (Lipinski definition) is 1. The molecular formula is C22H20FN5O2. The second kappa shape index (κ2) is 8.28. The quantitative estimate of drug-likeness (QED) is 0.535. The van der Waals surface area contributed by atoms with Gasteiger partial charge < -0.3 is 5.32 Å². The molecule has 7 nitrogen and oxygen atoms in total. The molecule has 0 unspecified atom stereocenters. The standard InChI is InChI=1S/C22H20FN5O2/c1-2-15-6-8-17(9-7-15)19-11-20-22(30)27(25-14-28(20)26-19)13-21(29)24-12-16-4-3-5-18(23)10-16/h3-11,14H,2,12-13H2,1H3,(H,24,29). The fourth-order valence-corrected chi connectivity index (χ4v) is 3.14. The summed E-state index contributed by atoms with van der Waals surface area (Å²) in [4.78, 5) is 25.0. The molecule has 0 radical (unpaired) electrons. The topological polar surface area (TPSA) is 81.3 Å². The Balaban J connectivity index is 1.51. The summed E-state index contributed by atoms with van der Waals surface area (Å²) in [5.41, 5.74) is 3.32. The Morgan fingerprint density at radius 3 is 2.63 bits per heavy atom. The predicted molar refractivity (Wildman–Crippen MR) is 110 cm³/mol. The zero-order chi connectivity index (χ0) is 21.1. The molecule has 0 aliphatic heterocycles. The average molecular weight is 405 g/mol. The highest BCUT2D eigenvalue weighted by atomic mass is 19.1. The minimum atomic E-state index is -0.415. The van der Waals surface area contributed by atoms with Gasteiger partial charge in [-0.3, -0.25) is 9.59 Å². The van der Waals surface area contributed by atoms with E-state index in [-0.39, 0.29) is 18.9 Å². The molecule has 2 heterocycles. The van der Waals surface area contributed by atoms with Gasteiger partial charge in [0.1, 0.15) is 24.2 Å². The van der Waals surface area contributed by atoms with Gasteiger partial charge in [0.05, 0.1) is 5.69 Å². The lowest BCUT2D eigenvalue weighted by Gasteiger charge is -2.07. The average Bonchev–Trinajstić information content (AvgIpc) is 3.20. The number of carbonyl (C=O) groups is 1. The molecule has 4 aromatic rings. The van der Waals surface area contributed by atoms with Gasteiger partial charge in [-0.15, -0.1) is 0 Å². The van der Waals surface area contributed by atoms with E-state index < -0.39 is 11.5 Å². The van der Waals surface area contributed by atoms with Crippen LogP contribution in [0.25, 0.3) is 16.8 Å². The zero-order valence-electron chi connectivity index (χ0n) is 16.4. The highest BCUT2D eigenvalue weighted by molar-refractivity contribution is 5.75.